The molecule has 0 bridgehead atoms. The molecule has 154 valence electrons. The molecule has 6 nitrogen and oxygen atoms in total. The highest BCUT2D eigenvalue weighted by molar-refractivity contribution is 9.10. The molecule has 0 spiro atoms. The summed E-state index contributed by atoms with van der Waals surface area (Å²) in [4.78, 5) is 30.1. The number of aromatic nitrogens is 1. The summed E-state index contributed by atoms with van der Waals surface area (Å²) in [5, 5.41) is 2.90. The van der Waals surface area contributed by atoms with Gasteiger partial charge in [0.25, 0.3) is 0 Å². The third-order valence-corrected chi connectivity index (χ3v) is 5.74. The van der Waals surface area contributed by atoms with Crippen molar-refractivity contribution in [3.63, 3.8) is 0 Å². The van der Waals surface area contributed by atoms with Gasteiger partial charge in [0.1, 0.15) is 5.82 Å². The number of nitrogens with two attached hydrogens (primary N) is 1. The van der Waals surface area contributed by atoms with Gasteiger partial charge in [-0.05, 0) is 61.9 Å². The van der Waals surface area contributed by atoms with E-state index in [9.17, 15) is 9.59 Å². The Morgan fingerprint density at radius 1 is 1.17 bits per heavy atom. The number of benzene rings is 1. The Morgan fingerprint density at radius 2 is 1.97 bits per heavy atom. The van der Waals surface area contributed by atoms with Crippen molar-refractivity contribution >= 4 is 39.2 Å². The number of hydrogen-bond donors (Lipinski definition) is 2. The van der Waals surface area contributed by atoms with Gasteiger partial charge in [0.05, 0.1) is 17.8 Å². The fourth-order valence-electron chi connectivity index (χ4n) is 3.55. The summed E-state index contributed by atoms with van der Waals surface area (Å²) in [6, 6.07) is 12.0. The molecule has 3 rings (SSSR count). The maximum atomic E-state index is 12.2. The first kappa shape index (κ1) is 21.3. The number of rotatable bonds is 8. The zero-order chi connectivity index (χ0) is 20.6. The maximum Gasteiger partial charge on any atom is 0.224 e. The molecule has 0 aliphatic carbocycles. The molecule has 1 aromatic heterocycles. The van der Waals surface area contributed by atoms with E-state index in [1.165, 1.54) is 5.56 Å². The summed E-state index contributed by atoms with van der Waals surface area (Å²) in [5.74, 6) is 0.437. The second-order valence-corrected chi connectivity index (χ2v) is 8.39. The highest BCUT2D eigenvalue weighted by atomic mass is 79.9. The summed E-state index contributed by atoms with van der Waals surface area (Å²) < 4.78 is 1.08. The molecule has 2 aromatic rings. The van der Waals surface area contributed by atoms with E-state index in [0.29, 0.717) is 18.7 Å². The minimum Gasteiger partial charge on any atom is -0.369 e. The highest BCUT2D eigenvalue weighted by Gasteiger charge is 2.24. The molecular weight excluding hydrogens is 432 g/mol. The van der Waals surface area contributed by atoms with Crippen LogP contribution in [0.4, 0.5) is 11.5 Å². The van der Waals surface area contributed by atoms with Crippen LogP contribution in [0.5, 0.6) is 0 Å². The smallest absolute Gasteiger partial charge is 0.224 e. The lowest BCUT2D eigenvalue weighted by atomic mass is 9.97. The first-order valence-corrected chi connectivity index (χ1v) is 10.8. The number of amides is 2. The van der Waals surface area contributed by atoms with Gasteiger partial charge in [0.15, 0.2) is 0 Å². The van der Waals surface area contributed by atoms with Gasteiger partial charge >= 0.3 is 0 Å². The van der Waals surface area contributed by atoms with E-state index in [4.69, 9.17) is 5.73 Å². The van der Waals surface area contributed by atoms with Crippen LogP contribution in [-0.2, 0) is 16.0 Å². The quantitative estimate of drug-likeness (QED) is 0.587. The van der Waals surface area contributed by atoms with Gasteiger partial charge in [-0.25, -0.2) is 4.98 Å². The van der Waals surface area contributed by atoms with Gasteiger partial charge in [-0.15, -0.1) is 0 Å². The van der Waals surface area contributed by atoms with Crippen LogP contribution >= 0.6 is 15.9 Å². The highest BCUT2D eigenvalue weighted by Crippen LogP contribution is 2.22. The second-order valence-electron chi connectivity index (χ2n) is 7.47. The van der Waals surface area contributed by atoms with E-state index < -0.39 is 0 Å². The number of hydrogen-bond acceptors (Lipinski definition) is 4. The minimum atomic E-state index is -0.251. The first-order valence-electron chi connectivity index (χ1n) is 10.1. The number of nitrogens with one attached hydrogen (secondary N) is 1. The number of carbonyl (C=O) groups excluding carboxylic acids is 2. The predicted molar refractivity (Wildman–Crippen MR) is 119 cm³/mol. The van der Waals surface area contributed by atoms with E-state index in [2.05, 4.69) is 43.3 Å². The van der Waals surface area contributed by atoms with Crippen molar-refractivity contribution in [2.24, 2.45) is 11.7 Å². The Hall–Kier alpha value is -2.41. The molecule has 3 N–H and O–H groups in total. The fraction of sp³-hybridized carbons (Fsp3) is 0.409. The molecule has 2 amide bonds. The average Bonchev–Trinajstić information content (AvgIpc) is 2.73. The molecule has 1 saturated heterocycles. The average molecular weight is 459 g/mol. The first-order chi connectivity index (χ1) is 14.0. The van der Waals surface area contributed by atoms with Crippen molar-refractivity contribution < 1.29 is 9.59 Å². The SMILES string of the molecule is NC(=O)C1CCCN(c2ccc(NC(=O)CCCCc3ccc(Br)cc3)cn2)C1. The molecule has 1 unspecified atom stereocenters. The van der Waals surface area contributed by atoms with E-state index in [0.717, 1.165) is 48.9 Å². The molecule has 1 fully saturated rings. The Bertz CT molecular complexity index is 824. The van der Waals surface area contributed by atoms with Gasteiger partial charge in [0.2, 0.25) is 11.8 Å². The van der Waals surface area contributed by atoms with Crippen molar-refractivity contribution in [1.29, 1.82) is 0 Å². The van der Waals surface area contributed by atoms with Gasteiger partial charge in [0, 0.05) is 24.0 Å². The lowest BCUT2D eigenvalue weighted by Crippen LogP contribution is -2.41. The van der Waals surface area contributed by atoms with Crippen molar-refractivity contribution in [3.05, 3.63) is 52.6 Å². The summed E-state index contributed by atoms with van der Waals surface area (Å²) >= 11 is 3.43. The Labute approximate surface area is 180 Å². The van der Waals surface area contributed by atoms with Gasteiger partial charge < -0.3 is 16.0 Å². The lowest BCUT2D eigenvalue weighted by molar-refractivity contribution is -0.122. The van der Waals surface area contributed by atoms with Crippen LogP contribution < -0.4 is 16.0 Å². The van der Waals surface area contributed by atoms with E-state index in [-0.39, 0.29) is 17.7 Å². The number of unbranched alkanes of at least 4 members (excludes halogenated alkanes) is 1. The van der Waals surface area contributed by atoms with Crippen molar-refractivity contribution in [2.45, 2.75) is 38.5 Å². The third kappa shape index (κ3) is 6.56. The van der Waals surface area contributed by atoms with Gasteiger partial charge in [-0.1, -0.05) is 28.1 Å². The lowest BCUT2D eigenvalue weighted by Gasteiger charge is -2.32. The van der Waals surface area contributed by atoms with Crippen LogP contribution in [-0.4, -0.2) is 29.9 Å². The molecule has 7 heteroatoms. The largest absolute Gasteiger partial charge is 0.369 e. The Morgan fingerprint density at radius 3 is 2.66 bits per heavy atom. The van der Waals surface area contributed by atoms with Gasteiger partial charge in [-0.2, -0.15) is 0 Å². The number of anilines is 2. The molecule has 1 aromatic carbocycles. The van der Waals surface area contributed by atoms with Crippen LogP contribution in [0.15, 0.2) is 47.1 Å². The summed E-state index contributed by atoms with van der Waals surface area (Å²) in [6.45, 7) is 1.47. The van der Waals surface area contributed by atoms with E-state index >= 15 is 0 Å². The van der Waals surface area contributed by atoms with Crippen molar-refractivity contribution in [1.82, 2.24) is 4.98 Å². The molecule has 1 atom stereocenters. The number of aryl methyl sites for hydroxylation is 1. The Kier molecular flexibility index (Phi) is 7.63. The number of primary amides is 1. The molecule has 0 radical (unpaired) electrons. The van der Waals surface area contributed by atoms with Crippen LogP contribution in [0.1, 0.15) is 37.7 Å². The summed E-state index contributed by atoms with van der Waals surface area (Å²) in [6.07, 6.45) is 6.71. The predicted octanol–water partition coefficient (Wildman–Crippen LogP) is 3.90. The molecule has 2 heterocycles. The summed E-state index contributed by atoms with van der Waals surface area (Å²) in [5.41, 5.74) is 7.41. The van der Waals surface area contributed by atoms with Crippen LogP contribution in [0.3, 0.4) is 0 Å². The molecule has 1 aliphatic heterocycles. The zero-order valence-electron chi connectivity index (χ0n) is 16.4. The second kappa shape index (κ2) is 10.4. The standard InChI is InChI=1S/C22H27BrN4O2/c23-18-9-7-16(8-10-18)4-1-2-6-21(28)26-19-11-12-20(25-14-19)27-13-3-5-17(15-27)22(24)29/h7-12,14,17H,1-6,13,15H2,(H2,24,29)(H,26,28). The molecule has 0 saturated carbocycles. The number of pyridine rings is 1. The topological polar surface area (TPSA) is 88.3 Å². The van der Waals surface area contributed by atoms with Gasteiger partial charge in [-0.3, -0.25) is 9.59 Å². The number of piperidine rings is 1. The normalized spacial score (nSPS) is 16.4. The van der Waals surface area contributed by atoms with Crippen LogP contribution in [0.2, 0.25) is 0 Å². The maximum absolute atomic E-state index is 12.2. The summed E-state index contributed by atoms with van der Waals surface area (Å²) in [7, 11) is 0. The fourth-order valence-corrected chi connectivity index (χ4v) is 3.82. The number of halogens is 1. The Balaban J connectivity index is 1.41. The number of nitrogens with zero attached hydrogens (tertiary/aromatic N) is 2. The molecule has 29 heavy (non-hydrogen) atoms. The van der Waals surface area contributed by atoms with Crippen LogP contribution in [0.25, 0.3) is 0 Å². The van der Waals surface area contributed by atoms with Crippen LogP contribution in [0, 0.1) is 5.92 Å². The number of carbonyl (C=O) groups is 2. The third-order valence-electron chi connectivity index (χ3n) is 5.21. The van der Waals surface area contributed by atoms with E-state index in [1.54, 1.807) is 6.20 Å². The van der Waals surface area contributed by atoms with E-state index in [1.807, 2.05) is 24.3 Å². The zero-order valence-corrected chi connectivity index (χ0v) is 18.0. The molecule has 1 aliphatic rings. The minimum absolute atomic E-state index is 0.00196. The molecular formula is C22H27BrN4O2. The van der Waals surface area contributed by atoms with Crippen molar-refractivity contribution in [2.75, 3.05) is 23.3 Å². The monoisotopic (exact) mass is 458 g/mol. The van der Waals surface area contributed by atoms with Crippen molar-refractivity contribution in [3.8, 4) is 0 Å².